The summed E-state index contributed by atoms with van der Waals surface area (Å²) in [6.07, 6.45) is 0. The van der Waals surface area contributed by atoms with Crippen molar-refractivity contribution in [2.75, 3.05) is 46.4 Å². The fourth-order valence-electron chi connectivity index (χ4n) is 3.09. The second-order valence-electron chi connectivity index (χ2n) is 5.36. The first-order valence-corrected chi connectivity index (χ1v) is 6.50. The highest BCUT2D eigenvalue weighted by Gasteiger charge is 2.38. The minimum absolute atomic E-state index is 0.956. The van der Waals surface area contributed by atoms with Gasteiger partial charge in [0.1, 0.15) is 12.3 Å². The van der Waals surface area contributed by atoms with Crippen LogP contribution in [0.2, 0.25) is 0 Å². The van der Waals surface area contributed by atoms with Gasteiger partial charge in [0.2, 0.25) is 0 Å². The van der Waals surface area contributed by atoms with E-state index in [9.17, 15) is 0 Å². The van der Waals surface area contributed by atoms with Crippen molar-refractivity contribution in [3.63, 3.8) is 0 Å². The van der Waals surface area contributed by atoms with Crippen molar-refractivity contribution in [1.82, 2.24) is 4.90 Å². The molecule has 1 aromatic carbocycles. The van der Waals surface area contributed by atoms with Crippen LogP contribution in [-0.4, -0.2) is 55.8 Å². The third-order valence-corrected chi connectivity index (χ3v) is 4.35. The van der Waals surface area contributed by atoms with Crippen molar-refractivity contribution >= 4 is 0 Å². The molecule has 3 aliphatic heterocycles. The molecule has 0 spiro atoms. The van der Waals surface area contributed by atoms with Gasteiger partial charge >= 0.3 is 0 Å². The molecule has 3 heterocycles. The Kier molecular flexibility index (Phi) is 2.81. The van der Waals surface area contributed by atoms with Crippen LogP contribution < -0.4 is 4.74 Å². The minimum atomic E-state index is 0.956. The van der Waals surface area contributed by atoms with Crippen LogP contribution in [-0.2, 0) is 6.54 Å². The number of quaternary nitrogens is 1. The second kappa shape index (κ2) is 4.31. The zero-order valence-electron chi connectivity index (χ0n) is 10.6. The van der Waals surface area contributed by atoms with Gasteiger partial charge in [-0.2, -0.15) is 0 Å². The van der Waals surface area contributed by atoms with Crippen molar-refractivity contribution in [3.8, 4) is 5.75 Å². The highest BCUT2D eigenvalue weighted by molar-refractivity contribution is 5.26. The number of hydrogen-bond acceptors (Lipinski definition) is 2. The smallest absolute Gasteiger partial charge is 0.118 e. The maximum absolute atomic E-state index is 5.21. The number of methoxy groups -OCH3 is 1. The molecule has 92 valence electrons. The van der Waals surface area contributed by atoms with E-state index in [0.29, 0.717) is 0 Å². The maximum Gasteiger partial charge on any atom is 0.118 e. The first kappa shape index (κ1) is 11.1. The molecule has 0 aromatic heterocycles. The summed E-state index contributed by atoms with van der Waals surface area (Å²) >= 11 is 0. The largest absolute Gasteiger partial charge is 0.497 e. The predicted octanol–water partition coefficient (Wildman–Crippen LogP) is 1.34. The zero-order chi connectivity index (χ0) is 11.7. The first-order valence-electron chi connectivity index (χ1n) is 6.50. The number of hydrogen-bond donors (Lipinski definition) is 0. The van der Waals surface area contributed by atoms with E-state index >= 15 is 0 Å². The van der Waals surface area contributed by atoms with Gasteiger partial charge in [0.15, 0.2) is 0 Å². The monoisotopic (exact) mass is 233 g/mol. The van der Waals surface area contributed by atoms with Gasteiger partial charge in [0.05, 0.1) is 26.7 Å². The number of fused-ring (bicyclic) bond motifs is 3. The first-order chi connectivity index (χ1) is 8.30. The Hall–Kier alpha value is -1.06. The molecule has 3 nitrogen and oxygen atoms in total. The standard InChI is InChI=1S/C14H21N2O/c1-17-14-4-2-13(3-5-14)12-16-9-6-15(7-10-16)8-11-16/h2-5H,6-12H2,1H3/q+1. The molecular formula is C14H21N2O+. The van der Waals surface area contributed by atoms with E-state index in [0.717, 1.165) is 5.75 Å². The summed E-state index contributed by atoms with van der Waals surface area (Å²) < 4.78 is 6.50. The quantitative estimate of drug-likeness (QED) is 0.731. The van der Waals surface area contributed by atoms with E-state index in [4.69, 9.17) is 4.74 Å². The highest BCUT2D eigenvalue weighted by Crippen LogP contribution is 2.24. The number of rotatable bonds is 3. The Morgan fingerprint density at radius 2 is 1.65 bits per heavy atom. The molecule has 0 N–H and O–H groups in total. The second-order valence-corrected chi connectivity index (χ2v) is 5.36. The summed E-state index contributed by atoms with van der Waals surface area (Å²) in [6.45, 7) is 9.03. The molecule has 0 saturated carbocycles. The Bertz CT molecular complexity index is 366. The lowest BCUT2D eigenvalue weighted by Gasteiger charge is -2.50. The van der Waals surface area contributed by atoms with Crippen molar-refractivity contribution in [2.24, 2.45) is 0 Å². The average Bonchev–Trinajstić information content (AvgIpc) is 2.41. The van der Waals surface area contributed by atoms with E-state index in [1.54, 1.807) is 7.11 Å². The molecule has 17 heavy (non-hydrogen) atoms. The van der Waals surface area contributed by atoms with E-state index in [2.05, 4.69) is 29.2 Å². The van der Waals surface area contributed by atoms with Crippen LogP contribution in [0.3, 0.4) is 0 Å². The van der Waals surface area contributed by atoms with Crippen LogP contribution in [0, 0.1) is 0 Å². The van der Waals surface area contributed by atoms with Crippen LogP contribution in [0.4, 0.5) is 0 Å². The van der Waals surface area contributed by atoms with Crippen molar-refractivity contribution in [1.29, 1.82) is 0 Å². The van der Waals surface area contributed by atoms with Crippen molar-refractivity contribution in [3.05, 3.63) is 29.8 Å². The molecule has 0 unspecified atom stereocenters. The van der Waals surface area contributed by atoms with E-state index in [-0.39, 0.29) is 0 Å². The van der Waals surface area contributed by atoms with E-state index in [1.807, 2.05) is 0 Å². The Balaban J connectivity index is 1.72. The SMILES string of the molecule is COc1ccc(C[N+]23CCN(CC2)CC3)cc1. The van der Waals surface area contributed by atoms with Gasteiger partial charge < -0.3 is 9.22 Å². The molecule has 1 aromatic rings. The third-order valence-electron chi connectivity index (χ3n) is 4.35. The zero-order valence-corrected chi connectivity index (χ0v) is 10.6. The lowest BCUT2D eigenvalue weighted by Crippen LogP contribution is -2.66. The summed E-state index contributed by atoms with van der Waals surface area (Å²) in [5, 5.41) is 0. The summed E-state index contributed by atoms with van der Waals surface area (Å²) in [6, 6.07) is 8.58. The van der Waals surface area contributed by atoms with Gasteiger partial charge in [0, 0.05) is 25.2 Å². The predicted molar refractivity (Wildman–Crippen MR) is 68.0 cm³/mol. The summed E-state index contributed by atoms with van der Waals surface area (Å²) in [5.41, 5.74) is 1.45. The van der Waals surface area contributed by atoms with Gasteiger partial charge in [-0.1, -0.05) is 0 Å². The molecule has 0 atom stereocenters. The molecule has 3 saturated heterocycles. The van der Waals surface area contributed by atoms with Gasteiger partial charge in [0.25, 0.3) is 0 Å². The molecule has 0 amide bonds. The molecular weight excluding hydrogens is 212 g/mol. The molecule has 4 rings (SSSR count). The number of piperazine rings is 3. The van der Waals surface area contributed by atoms with Crippen molar-refractivity contribution in [2.45, 2.75) is 6.54 Å². The lowest BCUT2D eigenvalue weighted by atomic mass is 10.1. The number of benzene rings is 1. The lowest BCUT2D eigenvalue weighted by molar-refractivity contribution is -0.953. The molecule has 3 fully saturated rings. The van der Waals surface area contributed by atoms with Crippen LogP contribution in [0.1, 0.15) is 5.56 Å². The number of ether oxygens (including phenoxy) is 1. The molecule has 0 radical (unpaired) electrons. The summed E-state index contributed by atoms with van der Waals surface area (Å²) in [4.78, 5) is 2.59. The fraction of sp³-hybridized carbons (Fsp3) is 0.571. The molecule has 0 aliphatic carbocycles. The van der Waals surface area contributed by atoms with Gasteiger partial charge in [-0.25, -0.2) is 0 Å². The van der Waals surface area contributed by atoms with E-state index in [1.165, 1.54) is 55.9 Å². The van der Waals surface area contributed by atoms with Crippen LogP contribution >= 0.6 is 0 Å². The topological polar surface area (TPSA) is 12.5 Å². The van der Waals surface area contributed by atoms with Crippen LogP contribution in [0.15, 0.2) is 24.3 Å². The molecule has 3 heteroatoms. The number of nitrogens with zero attached hydrogens (tertiary/aromatic N) is 2. The maximum atomic E-state index is 5.21. The third kappa shape index (κ3) is 2.17. The van der Waals surface area contributed by atoms with Crippen molar-refractivity contribution < 1.29 is 9.22 Å². The van der Waals surface area contributed by atoms with Gasteiger partial charge in [-0.3, -0.25) is 4.90 Å². The normalized spacial score (nSPS) is 31.5. The minimum Gasteiger partial charge on any atom is -0.497 e. The van der Waals surface area contributed by atoms with Gasteiger partial charge in [-0.05, 0) is 24.3 Å². The molecule has 3 aliphatic rings. The Morgan fingerprint density at radius 3 is 2.18 bits per heavy atom. The molecule has 2 bridgehead atoms. The van der Waals surface area contributed by atoms with E-state index < -0.39 is 0 Å². The Labute approximate surface area is 103 Å². The fourth-order valence-corrected chi connectivity index (χ4v) is 3.09. The highest BCUT2D eigenvalue weighted by atomic mass is 16.5. The Morgan fingerprint density at radius 1 is 1.06 bits per heavy atom. The van der Waals surface area contributed by atoms with Gasteiger partial charge in [-0.15, -0.1) is 0 Å². The van der Waals surface area contributed by atoms with Crippen LogP contribution in [0.5, 0.6) is 5.75 Å². The average molecular weight is 233 g/mol. The summed E-state index contributed by atoms with van der Waals surface area (Å²) in [7, 11) is 1.72. The van der Waals surface area contributed by atoms with Crippen LogP contribution in [0.25, 0.3) is 0 Å². The summed E-state index contributed by atoms with van der Waals surface area (Å²) in [5.74, 6) is 0.956.